The van der Waals surface area contributed by atoms with Crippen LogP contribution in [0.4, 0.5) is 13.2 Å². The number of benzene rings is 2. The molecule has 1 atom stereocenters. The van der Waals surface area contributed by atoms with Crippen LogP contribution in [0, 0.1) is 0 Å². The lowest BCUT2D eigenvalue weighted by molar-refractivity contribution is -0.149. The molecule has 0 aliphatic heterocycles. The van der Waals surface area contributed by atoms with Crippen molar-refractivity contribution in [1.82, 2.24) is 0 Å². The highest BCUT2D eigenvalue weighted by atomic mass is 32.2. The number of alkyl halides is 3. The van der Waals surface area contributed by atoms with Crippen LogP contribution >= 0.6 is 0 Å². The lowest BCUT2D eigenvalue weighted by Crippen LogP contribution is -2.27. The molecule has 0 N–H and O–H groups in total. The molecule has 6 nitrogen and oxygen atoms in total. The van der Waals surface area contributed by atoms with Gasteiger partial charge in [0.2, 0.25) is 0 Å². The van der Waals surface area contributed by atoms with E-state index < -0.39 is 39.6 Å². The summed E-state index contributed by atoms with van der Waals surface area (Å²) in [5, 5.41) is 0. The number of carbonyl (C=O) groups excluding carboxylic acids is 1. The smallest absolute Gasteiger partial charge is 0.416 e. The number of esters is 1. The van der Waals surface area contributed by atoms with Crippen LogP contribution in [0.2, 0.25) is 0 Å². The molecule has 2 aromatic carbocycles. The molecule has 0 amide bonds. The number of ether oxygens (including phenoxy) is 3. The van der Waals surface area contributed by atoms with Gasteiger partial charge in [-0.05, 0) is 55.5 Å². The molecule has 0 saturated carbocycles. The Labute approximate surface area is 159 Å². The normalized spacial score (nSPS) is 12.9. The highest BCUT2D eigenvalue weighted by Crippen LogP contribution is 2.31. The minimum absolute atomic E-state index is 0.222. The second-order valence-electron chi connectivity index (χ2n) is 5.86. The van der Waals surface area contributed by atoms with Crippen molar-refractivity contribution in [2.24, 2.45) is 0 Å². The highest BCUT2D eigenvalue weighted by Gasteiger charge is 2.30. The molecule has 2 aromatic rings. The van der Waals surface area contributed by atoms with Crippen molar-refractivity contribution in [1.29, 1.82) is 0 Å². The van der Waals surface area contributed by atoms with E-state index in [9.17, 15) is 26.4 Å². The number of hydrogen-bond acceptors (Lipinski definition) is 6. The fraction of sp³-hybridized carbons (Fsp3) is 0.278. The summed E-state index contributed by atoms with van der Waals surface area (Å²) in [4.78, 5) is 11.7. The van der Waals surface area contributed by atoms with Gasteiger partial charge in [-0.3, -0.25) is 0 Å². The summed E-state index contributed by atoms with van der Waals surface area (Å²) >= 11 is 0. The fourth-order valence-electron chi connectivity index (χ4n) is 1.97. The predicted octanol–water partition coefficient (Wildman–Crippen LogP) is 3.81. The van der Waals surface area contributed by atoms with Gasteiger partial charge >= 0.3 is 12.1 Å². The van der Waals surface area contributed by atoms with E-state index in [2.05, 4.69) is 4.74 Å². The minimum Gasteiger partial charge on any atom is -0.479 e. The van der Waals surface area contributed by atoms with Crippen LogP contribution in [-0.2, 0) is 25.5 Å². The molecule has 0 fully saturated rings. The van der Waals surface area contributed by atoms with Gasteiger partial charge in [-0.15, -0.1) is 0 Å². The molecule has 1 unspecified atom stereocenters. The van der Waals surface area contributed by atoms with Crippen molar-refractivity contribution in [3.63, 3.8) is 0 Å². The summed E-state index contributed by atoms with van der Waals surface area (Å²) in [6.07, 6.45) is -4.53. The van der Waals surface area contributed by atoms with E-state index >= 15 is 0 Å². The largest absolute Gasteiger partial charge is 0.479 e. The van der Waals surface area contributed by atoms with Crippen molar-refractivity contribution in [2.45, 2.75) is 19.2 Å². The van der Waals surface area contributed by atoms with Crippen LogP contribution in [0.25, 0.3) is 0 Å². The van der Waals surface area contributed by atoms with Crippen LogP contribution in [0.1, 0.15) is 12.5 Å². The predicted molar refractivity (Wildman–Crippen MR) is 93.9 cm³/mol. The van der Waals surface area contributed by atoms with Gasteiger partial charge in [0.1, 0.15) is 17.2 Å². The molecular weight excluding hydrogens is 401 g/mol. The lowest BCUT2D eigenvalue weighted by atomic mass is 10.2. The van der Waals surface area contributed by atoms with E-state index in [1.54, 1.807) is 0 Å². The first-order valence-corrected chi connectivity index (χ1v) is 9.96. The van der Waals surface area contributed by atoms with Gasteiger partial charge in [0.15, 0.2) is 21.9 Å². The molecule has 0 aromatic heterocycles. The third kappa shape index (κ3) is 6.76. The van der Waals surface area contributed by atoms with Crippen LogP contribution < -0.4 is 9.47 Å². The van der Waals surface area contributed by atoms with Gasteiger partial charge in [0, 0.05) is 6.26 Å². The molecular formula is C18H17F3O6S. The summed E-state index contributed by atoms with van der Waals surface area (Å²) in [6, 6.07) is 10.2. The average molecular weight is 418 g/mol. The highest BCUT2D eigenvalue weighted by molar-refractivity contribution is 7.90. The van der Waals surface area contributed by atoms with Gasteiger partial charge < -0.3 is 14.2 Å². The molecule has 0 saturated heterocycles. The second kappa shape index (κ2) is 8.51. The molecule has 0 heterocycles. The number of carbonyl (C=O) groups is 1. The summed E-state index contributed by atoms with van der Waals surface area (Å²) in [6.45, 7) is 1.40. The molecule has 0 spiro atoms. The van der Waals surface area contributed by atoms with E-state index in [1.807, 2.05) is 0 Å². The maximum absolute atomic E-state index is 12.5. The van der Waals surface area contributed by atoms with Crippen LogP contribution in [-0.4, -0.2) is 32.7 Å². The van der Waals surface area contributed by atoms with E-state index in [-0.39, 0.29) is 5.75 Å². The Hall–Kier alpha value is -2.75. The Kier molecular flexibility index (Phi) is 6.55. The molecule has 0 radical (unpaired) electrons. The van der Waals surface area contributed by atoms with Crippen molar-refractivity contribution in [2.75, 3.05) is 12.2 Å². The summed E-state index contributed by atoms with van der Waals surface area (Å²) in [5.41, 5.74) is -0.777. The number of halogens is 3. The van der Waals surface area contributed by atoms with Crippen molar-refractivity contribution < 1.29 is 40.6 Å². The lowest BCUT2D eigenvalue weighted by Gasteiger charge is -2.14. The average Bonchev–Trinajstić information content (AvgIpc) is 2.60. The van der Waals surface area contributed by atoms with Gasteiger partial charge in [-0.2, -0.15) is 13.2 Å². The topological polar surface area (TPSA) is 78.9 Å². The van der Waals surface area contributed by atoms with Crippen LogP contribution in [0.15, 0.2) is 48.5 Å². The van der Waals surface area contributed by atoms with Gasteiger partial charge in [0.25, 0.3) is 0 Å². The zero-order valence-electron chi connectivity index (χ0n) is 14.9. The molecule has 28 heavy (non-hydrogen) atoms. The Bertz CT molecular complexity index is 906. The Morgan fingerprint density at radius 1 is 0.964 bits per heavy atom. The first-order valence-electron chi connectivity index (χ1n) is 7.90. The second-order valence-corrected chi connectivity index (χ2v) is 7.95. The third-order valence-corrected chi connectivity index (χ3v) is 3.85. The molecule has 0 aliphatic carbocycles. The van der Waals surface area contributed by atoms with E-state index in [0.717, 1.165) is 18.4 Å². The molecule has 2 rings (SSSR count). The maximum Gasteiger partial charge on any atom is 0.416 e. The monoisotopic (exact) mass is 418 g/mol. The summed E-state index contributed by atoms with van der Waals surface area (Å²) in [5.74, 6) is -0.711. The zero-order chi connectivity index (χ0) is 20.9. The molecule has 10 heteroatoms. The summed E-state index contributed by atoms with van der Waals surface area (Å²) in [7, 11) is -3.45. The Balaban J connectivity index is 1.93. The first-order chi connectivity index (χ1) is 12.9. The number of hydrogen-bond donors (Lipinski definition) is 0. The van der Waals surface area contributed by atoms with Gasteiger partial charge in [-0.1, -0.05) is 0 Å². The maximum atomic E-state index is 12.5. The Morgan fingerprint density at radius 3 is 1.89 bits per heavy atom. The van der Waals surface area contributed by atoms with Gasteiger partial charge in [-0.25, -0.2) is 13.2 Å². The Morgan fingerprint density at radius 2 is 1.43 bits per heavy atom. The van der Waals surface area contributed by atoms with Crippen LogP contribution in [0.3, 0.4) is 0 Å². The van der Waals surface area contributed by atoms with Crippen molar-refractivity contribution >= 4 is 15.8 Å². The fourth-order valence-corrected chi connectivity index (χ4v) is 2.30. The van der Waals surface area contributed by atoms with Crippen molar-refractivity contribution in [3.05, 3.63) is 54.1 Å². The zero-order valence-corrected chi connectivity index (χ0v) is 15.7. The van der Waals surface area contributed by atoms with E-state index in [4.69, 9.17) is 9.47 Å². The quantitative estimate of drug-likeness (QED) is 0.637. The standard InChI is InChI=1S/C18H17F3O6S/c1-12(17(22)25-11-28(2,23)24)26-14-7-9-16(10-8-14)27-15-5-3-13(4-6-15)18(19,20)21/h3-10,12H,11H2,1-2H3. The third-order valence-electron chi connectivity index (χ3n) is 3.30. The summed E-state index contributed by atoms with van der Waals surface area (Å²) < 4.78 is 75.0. The van der Waals surface area contributed by atoms with Crippen molar-refractivity contribution in [3.8, 4) is 17.2 Å². The number of sulfone groups is 1. The van der Waals surface area contributed by atoms with E-state index in [1.165, 1.54) is 43.3 Å². The number of rotatable bonds is 7. The SMILES string of the molecule is CC(Oc1ccc(Oc2ccc(C(F)(F)F)cc2)cc1)C(=O)OCS(C)(=O)=O. The van der Waals surface area contributed by atoms with Crippen LogP contribution in [0.5, 0.6) is 17.2 Å². The molecule has 0 aliphatic rings. The molecule has 152 valence electrons. The first kappa shape index (κ1) is 21.5. The van der Waals surface area contributed by atoms with E-state index in [0.29, 0.717) is 11.5 Å². The molecule has 0 bridgehead atoms. The minimum atomic E-state index is -4.42. The van der Waals surface area contributed by atoms with Gasteiger partial charge in [0.05, 0.1) is 5.56 Å².